The largest absolute Gasteiger partial charge is 0.494 e. The van der Waals surface area contributed by atoms with Gasteiger partial charge in [-0.05, 0) is 6.07 Å². The van der Waals surface area contributed by atoms with Crippen LogP contribution in [0.3, 0.4) is 0 Å². The van der Waals surface area contributed by atoms with Crippen molar-refractivity contribution in [1.29, 1.82) is 0 Å². The predicted molar refractivity (Wildman–Crippen MR) is 74.9 cm³/mol. The Morgan fingerprint density at radius 3 is 2.60 bits per heavy atom. The lowest BCUT2D eigenvalue weighted by Crippen LogP contribution is -2.21. The topological polar surface area (TPSA) is 90.7 Å². The standard InChI is InChI=1S/C10H9Cl3N2O5/c1-19-8-4-6(15(17)18)2-3-7(8)14-9(16)20-5-10(11,12)13/h2-4H,5H2,1H3,(H,14,16). The Labute approximate surface area is 128 Å². The first-order valence-electron chi connectivity index (χ1n) is 5.06. The Bertz CT molecular complexity index is 518. The van der Waals surface area contributed by atoms with Crippen molar-refractivity contribution in [1.82, 2.24) is 0 Å². The molecule has 0 atom stereocenters. The van der Waals surface area contributed by atoms with Gasteiger partial charge in [0.25, 0.3) is 5.69 Å². The Morgan fingerprint density at radius 2 is 2.10 bits per heavy atom. The molecule has 110 valence electrons. The van der Waals surface area contributed by atoms with Crippen LogP contribution in [0.5, 0.6) is 5.75 Å². The fourth-order valence-corrected chi connectivity index (χ4v) is 1.35. The van der Waals surface area contributed by atoms with E-state index in [0.29, 0.717) is 0 Å². The molecular formula is C10H9Cl3N2O5. The molecule has 1 aromatic rings. The molecule has 0 heterocycles. The van der Waals surface area contributed by atoms with Gasteiger partial charge in [0, 0.05) is 6.07 Å². The van der Waals surface area contributed by atoms with Crippen LogP contribution >= 0.6 is 34.8 Å². The molecule has 1 amide bonds. The van der Waals surface area contributed by atoms with Crippen LogP contribution < -0.4 is 10.1 Å². The number of alkyl halides is 3. The molecule has 0 radical (unpaired) electrons. The summed E-state index contributed by atoms with van der Waals surface area (Å²) in [6.45, 7) is -0.446. The summed E-state index contributed by atoms with van der Waals surface area (Å²) in [5.74, 6) is 0.102. The van der Waals surface area contributed by atoms with E-state index in [1.165, 1.54) is 19.2 Å². The summed E-state index contributed by atoms with van der Waals surface area (Å²) >= 11 is 16.3. The van der Waals surface area contributed by atoms with Crippen LogP contribution in [0.2, 0.25) is 0 Å². The maximum Gasteiger partial charge on any atom is 0.411 e. The number of nitro benzene ring substituents is 1. The fourth-order valence-electron chi connectivity index (χ4n) is 1.19. The monoisotopic (exact) mass is 342 g/mol. The molecule has 10 heteroatoms. The molecule has 1 rings (SSSR count). The smallest absolute Gasteiger partial charge is 0.411 e. The van der Waals surface area contributed by atoms with E-state index in [1.807, 2.05) is 0 Å². The van der Waals surface area contributed by atoms with Crippen molar-refractivity contribution in [2.24, 2.45) is 0 Å². The lowest BCUT2D eigenvalue weighted by molar-refractivity contribution is -0.384. The van der Waals surface area contributed by atoms with Gasteiger partial charge in [-0.25, -0.2) is 4.79 Å². The second-order valence-electron chi connectivity index (χ2n) is 3.46. The number of nitrogens with zero attached hydrogens (tertiary/aromatic N) is 1. The molecule has 7 nitrogen and oxygen atoms in total. The number of rotatable bonds is 4. The van der Waals surface area contributed by atoms with Crippen molar-refractivity contribution in [3.8, 4) is 5.75 Å². The van der Waals surface area contributed by atoms with Gasteiger partial charge >= 0.3 is 6.09 Å². The third-order valence-corrected chi connectivity index (χ3v) is 2.33. The van der Waals surface area contributed by atoms with Crippen LogP contribution in [-0.2, 0) is 4.74 Å². The number of nitro groups is 1. The zero-order chi connectivity index (χ0) is 15.3. The molecule has 1 aromatic carbocycles. The molecule has 0 aliphatic heterocycles. The summed E-state index contributed by atoms with van der Waals surface area (Å²) in [7, 11) is 1.30. The summed E-state index contributed by atoms with van der Waals surface area (Å²) in [5, 5.41) is 12.9. The molecule has 0 aliphatic rings. The van der Waals surface area contributed by atoms with Gasteiger partial charge in [-0.15, -0.1) is 0 Å². The predicted octanol–water partition coefficient (Wildman–Crippen LogP) is 3.52. The summed E-state index contributed by atoms with van der Waals surface area (Å²) in [5.41, 5.74) is 0.00877. The molecular weight excluding hydrogens is 334 g/mol. The number of anilines is 1. The number of benzene rings is 1. The number of carbonyl (C=O) groups excluding carboxylic acids is 1. The third kappa shape index (κ3) is 5.28. The highest BCUT2D eigenvalue weighted by atomic mass is 35.6. The lowest BCUT2D eigenvalue weighted by atomic mass is 10.2. The van der Waals surface area contributed by atoms with Gasteiger partial charge in [-0.1, -0.05) is 34.8 Å². The fraction of sp³-hybridized carbons (Fsp3) is 0.300. The average molecular weight is 344 g/mol. The van der Waals surface area contributed by atoms with E-state index >= 15 is 0 Å². The first-order chi connectivity index (χ1) is 9.23. The van der Waals surface area contributed by atoms with Gasteiger partial charge in [-0.2, -0.15) is 0 Å². The maximum atomic E-state index is 11.4. The van der Waals surface area contributed by atoms with Crippen molar-refractivity contribution < 1.29 is 19.2 Å². The number of methoxy groups -OCH3 is 1. The number of nitrogens with one attached hydrogen (secondary N) is 1. The van der Waals surface area contributed by atoms with Crippen molar-refractivity contribution in [2.75, 3.05) is 19.0 Å². The summed E-state index contributed by atoms with van der Waals surface area (Å²) in [6.07, 6.45) is -0.886. The normalized spacial score (nSPS) is 10.8. The van der Waals surface area contributed by atoms with Crippen LogP contribution in [0.15, 0.2) is 18.2 Å². The van der Waals surface area contributed by atoms with E-state index in [1.54, 1.807) is 0 Å². The van der Waals surface area contributed by atoms with E-state index in [9.17, 15) is 14.9 Å². The van der Waals surface area contributed by atoms with Gasteiger partial charge in [0.05, 0.1) is 23.8 Å². The highest BCUT2D eigenvalue weighted by Gasteiger charge is 2.22. The van der Waals surface area contributed by atoms with Crippen molar-refractivity contribution in [3.63, 3.8) is 0 Å². The minimum atomic E-state index is -1.73. The Balaban J connectivity index is 2.77. The number of non-ortho nitro benzene ring substituents is 1. The zero-order valence-electron chi connectivity index (χ0n) is 10.1. The van der Waals surface area contributed by atoms with Crippen LogP contribution in [0.1, 0.15) is 0 Å². The van der Waals surface area contributed by atoms with Crippen molar-refractivity contribution >= 4 is 52.3 Å². The molecule has 0 saturated carbocycles. The summed E-state index contributed by atoms with van der Waals surface area (Å²) in [6, 6.07) is 3.66. The first kappa shape index (κ1) is 16.6. The van der Waals surface area contributed by atoms with Gasteiger partial charge in [0.15, 0.2) is 0 Å². The number of hydrogen-bond acceptors (Lipinski definition) is 5. The summed E-state index contributed by atoms with van der Waals surface area (Å²) in [4.78, 5) is 21.5. The van der Waals surface area contributed by atoms with E-state index in [2.05, 4.69) is 10.1 Å². The minimum Gasteiger partial charge on any atom is -0.494 e. The third-order valence-electron chi connectivity index (χ3n) is 2.00. The molecule has 0 unspecified atom stereocenters. The second-order valence-corrected chi connectivity index (χ2v) is 5.97. The number of halogens is 3. The lowest BCUT2D eigenvalue weighted by Gasteiger charge is -2.13. The van der Waals surface area contributed by atoms with E-state index in [-0.39, 0.29) is 17.1 Å². The molecule has 0 aromatic heterocycles. The molecule has 20 heavy (non-hydrogen) atoms. The highest BCUT2D eigenvalue weighted by molar-refractivity contribution is 6.67. The number of hydrogen-bond donors (Lipinski definition) is 1. The van der Waals surface area contributed by atoms with Gasteiger partial charge in [0.2, 0.25) is 3.79 Å². The van der Waals surface area contributed by atoms with Gasteiger partial charge in [-0.3, -0.25) is 15.4 Å². The van der Waals surface area contributed by atoms with E-state index in [0.717, 1.165) is 6.07 Å². The quantitative estimate of drug-likeness (QED) is 0.513. The molecule has 0 bridgehead atoms. The van der Waals surface area contributed by atoms with Crippen LogP contribution in [0, 0.1) is 10.1 Å². The molecule has 0 spiro atoms. The van der Waals surface area contributed by atoms with Crippen LogP contribution in [0.4, 0.5) is 16.2 Å². The van der Waals surface area contributed by atoms with E-state index < -0.39 is 21.4 Å². The van der Waals surface area contributed by atoms with Crippen LogP contribution in [0.25, 0.3) is 0 Å². The van der Waals surface area contributed by atoms with Gasteiger partial charge < -0.3 is 9.47 Å². The SMILES string of the molecule is COc1cc([N+](=O)[O-])ccc1NC(=O)OCC(Cl)(Cl)Cl. The van der Waals surface area contributed by atoms with Crippen molar-refractivity contribution in [2.45, 2.75) is 3.79 Å². The van der Waals surface area contributed by atoms with Gasteiger partial charge in [0.1, 0.15) is 12.4 Å². The summed E-state index contributed by atoms with van der Waals surface area (Å²) < 4.78 is 7.86. The second kappa shape index (κ2) is 6.83. The molecule has 0 fully saturated rings. The highest BCUT2D eigenvalue weighted by Crippen LogP contribution is 2.30. The van der Waals surface area contributed by atoms with E-state index in [4.69, 9.17) is 39.5 Å². The minimum absolute atomic E-state index is 0.102. The zero-order valence-corrected chi connectivity index (χ0v) is 12.3. The Morgan fingerprint density at radius 1 is 1.45 bits per heavy atom. The number of ether oxygens (including phenoxy) is 2. The first-order valence-corrected chi connectivity index (χ1v) is 6.19. The number of amides is 1. The average Bonchev–Trinajstić information content (AvgIpc) is 2.35. The Kier molecular flexibility index (Phi) is 5.67. The number of carbonyl (C=O) groups is 1. The van der Waals surface area contributed by atoms with Crippen LogP contribution in [-0.4, -0.2) is 28.5 Å². The molecule has 0 aliphatic carbocycles. The molecule has 1 N–H and O–H groups in total. The maximum absolute atomic E-state index is 11.4. The molecule has 0 saturated heterocycles. The Hall–Kier alpha value is -1.44. The van der Waals surface area contributed by atoms with Crippen molar-refractivity contribution in [3.05, 3.63) is 28.3 Å².